The first-order valence-corrected chi connectivity index (χ1v) is 6.94. The summed E-state index contributed by atoms with van der Waals surface area (Å²) >= 11 is 0. The number of hydrogen-bond acceptors (Lipinski definition) is 3. The van der Waals surface area contributed by atoms with E-state index in [2.05, 4.69) is 18.1 Å². The molecule has 2 fully saturated rings. The van der Waals surface area contributed by atoms with Gasteiger partial charge in [-0.1, -0.05) is 12.2 Å². The van der Waals surface area contributed by atoms with Crippen molar-refractivity contribution in [1.29, 1.82) is 0 Å². The average Bonchev–Trinajstić information content (AvgIpc) is 2.39. The molecule has 18 heavy (non-hydrogen) atoms. The number of nitrogens with zero attached hydrogens (tertiary/aromatic N) is 1. The Hall–Kier alpha value is -0.640. The molecule has 0 unspecified atom stereocenters. The molecule has 0 radical (unpaired) electrons. The molecule has 0 aromatic heterocycles. The molecule has 2 saturated heterocycles. The summed E-state index contributed by atoms with van der Waals surface area (Å²) < 4.78 is 11.7. The predicted octanol–water partition coefficient (Wildman–Crippen LogP) is 2.25. The highest BCUT2D eigenvalue weighted by molar-refractivity contribution is 4.97. The summed E-state index contributed by atoms with van der Waals surface area (Å²) in [5.41, 5.74) is 0.183. The van der Waals surface area contributed by atoms with Gasteiger partial charge >= 0.3 is 0 Å². The zero-order valence-corrected chi connectivity index (χ0v) is 11.3. The van der Waals surface area contributed by atoms with Crippen molar-refractivity contribution >= 4 is 0 Å². The lowest BCUT2D eigenvalue weighted by Gasteiger charge is -2.50. The van der Waals surface area contributed by atoms with E-state index in [1.54, 1.807) is 0 Å². The summed E-state index contributed by atoms with van der Waals surface area (Å²) in [6, 6.07) is 0. The predicted molar refractivity (Wildman–Crippen MR) is 73.7 cm³/mol. The molecule has 3 heteroatoms. The van der Waals surface area contributed by atoms with Crippen molar-refractivity contribution < 1.29 is 9.47 Å². The molecule has 0 N–H and O–H groups in total. The van der Waals surface area contributed by atoms with Crippen LogP contribution in [-0.4, -0.2) is 50.5 Å². The maximum absolute atomic E-state index is 5.98. The third kappa shape index (κ3) is 3.02. The summed E-state index contributed by atoms with van der Waals surface area (Å²) in [6.07, 6.45) is 7.66. The van der Waals surface area contributed by atoms with E-state index in [0.717, 1.165) is 45.7 Å². The van der Waals surface area contributed by atoms with Crippen molar-refractivity contribution in [2.45, 2.75) is 25.4 Å². The molecule has 2 aliphatic rings. The van der Waals surface area contributed by atoms with E-state index in [4.69, 9.17) is 9.47 Å². The van der Waals surface area contributed by atoms with Crippen molar-refractivity contribution in [3.05, 3.63) is 25.3 Å². The quantitative estimate of drug-likeness (QED) is 0.534. The van der Waals surface area contributed by atoms with Gasteiger partial charge in [0.05, 0.1) is 19.3 Å². The van der Waals surface area contributed by atoms with Crippen LogP contribution in [0.5, 0.6) is 0 Å². The standard InChI is InChI=1S/C15H25NO2/c1-3-8-16-9-6-14-15(12-16,7-5-11-18-14)13-17-10-4-2/h3-4,14H,1-2,5-13H2/t14-,15+/m0/s1. The third-order valence-electron chi connectivity index (χ3n) is 4.08. The van der Waals surface area contributed by atoms with Crippen molar-refractivity contribution in [3.8, 4) is 0 Å². The lowest BCUT2D eigenvalue weighted by molar-refractivity contribution is -0.149. The topological polar surface area (TPSA) is 21.7 Å². The summed E-state index contributed by atoms with van der Waals surface area (Å²) in [5.74, 6) is 0. The van der Waals surface area contributed by atoms with Crippen LogP contribution in [0.2, 0.25) is 0 Å². The smallest absolute Gasteiger partial charge is 0.0677 e. The maximum atomic E-state index is 5.98. The second-order valence-corrected chi connectivity index (χ2v) is 5.44. The van der Waals surface area contributed by atoms with Crippen LogP contribution in [0.25, 0.3) is 0 Å². The van der Waals surface area contributed by atoms with Gasteiger partial charge in [-0.05, 0) is 19.3 Å². The summed E-state index contributed by atoms with van der Waals surface area (Å²) in [5, 5.41) is 0. The highest BCUT2D eigenvalue weighted by Gasteiger charge is 2.45. The molecule has 0 amide bonds. The second-order valence-electron chi connectivity index (χ2n) is 5.44. The van der Waals surface area contributed by atoms with Gasteiger partial charge < -0.3 is 9.47 Å². The summed E-state index contributed by atoms with van der Waals surface area (Å²) in [4.78, 5) is 2.47. The normalized spacial score (nSPS) is 32.8. The van der Waals surface area contributed by atoms with Crippen LogP contribution < -0.4 is 0 Å². The van der Waals surface area contributed by atoms with Crippen LogP contribution in [-0.2, 0) is 9.47 Å². The van der Waals surface area contributed by atoms with Gasteiger partial charge in [0.2, 0.25) is 0 Å². The Labute approximate surface area is 110 Å². The minimum Gasteiger partial charge on any atom is -0.377 e. The molecule has 0 aromatic rings. The van der Waals surface area contributed by atoms with Crippen molar-refractivity contribution in [2.75, 3.05) is 39.5 Å². The first kappa shape index (κ1) is 13.8. The van der Waals surface area contributed by atoms with Crippen LogP contribution in [0.4, 0.5) is 0 Å². The minimum atomic E-state index is 0.183. The Kier molecular flexibility index (Phi) is 4.98. The van der Waals surface area contributed by atoms with Gasteiger partial charge in [0, 0.05) is 31.7 Å². The minimum absolute atomic E-state index is 0.183. The Morgan fingerprint density at radius 2 is 2.28 bits per heavy atom. The first-order chi connectivity index (χ1) is 8.80. The molecule has 0 saturated carbocycles. The molecule has 2 heterocycles. The van der Waals surface area contributed by atoms with E-state index in [1.165, 1.54) is 6.42 Å². The Morgan fingerprint density at radius 3 is 3.06 bits per heavy atom. The second kappa shape index (κ2) is 6.50. The molecule has 3 nitrogen and oxygen atoms in total. The Balaban J connectivity index is 2.01. The van der Waals surface area contributed by atoms with Gasteiger partial charge in [-0.2, -0.15) is 0 Å². The summed E-state index contributed by atoms with van der Waals surface area (Å²) in [6.45, 7) is 13.0. The number of fused-ring (bicyclic) bond motifs is 1. The highest BCUT2D eigenvalue weighted by atomic mass is 16.5. The third-order valence-corrected chi connectivity index (χ3v) is 4.08. The monoisotopic (exact) mass is 251 g/mol. The van der Waals surface area contributed by atoms with Crippen LogP contribution in [0.15, 0.2) is 25.3 Å². The molecule has 0 spiro atoms. The number of piperidine rings is 1. The van der Waals surface area contributed by atoms with E-state index < -0.39 is 0 Å². The number of hydrogen-bond donors (Lipinski definition) is 0. The molecular weight excluding hydrogens is 226 g/mol. The summed E-state index contributed by atoms with van der Waals surface area (Å²) in [7, 11) is 0. The van der Waals surface area contributed by atoms with Gasteiger partial charge in [0.1, 0.15) is 0 Å². The van der Waals surface area contributed by atoms with Crippen molar-refractivity contribution in [1.82, 2.24) is 4.90 Å². The van der Waals surface area contributed by atoms with Gasteiger partial charge in [0.15, 0.2) is 0 Å². The number of ether oxygens (including phenoxy) is 2. The largest absolute Gasteiger partial charge is 0.377 e. The van der Waals surface area contributed by atoms with Crippen LogP contribution in [0, 0.1) is 5.41 Å². The van der Waals surface area contributed by atoms with E-state index in [-0.39, 0.29) is 5.41 Å². The van der Waals surface area contributed by atoms with E-state index in [9.17, 15) is 0 Å². The fraction of sp³-hybridized carbons (Fsp3) is 0.733. The van der Waals surface area contributed by atoms with E-state index >= 15 is 0 Å². The van der Waals surface area contributed by atoms with Crippen molar-refractivity contribution in [3.63, 3.8) is 0 Å². The van der Waals surface area contributed by atoms with Gasteiger partial charge in [-0.3, -0.25) is 4.90 Å². The molecule has 2 atom stereocenters. The molecule has 2 rings (SSSR count). The fourth-order valence-electron chi connectivity index (χ4n) is 3.28. The lowest BCUT2D eigenvalue weighted by Crippen LogP contribution is -2.56. The zero-order chi connectivity index (χ0) is 12.8. The van der Waals surface area contributed by atoms with E-state index in [1.807, 2.05) is 12.2 Å². The van der Waals surface area contributed by atoms with Gasteiger partial charge in [-0.25, -0.2) is 0 Å². The molecular formula is C15H25NO2. The van der Waals surface area contributed by atoms with Crippen molar-refractivity contribution in [2.24, 2.45) is 5.41 Å². The van der Waals surface area contributed by atoms with Gasteiger partial charge in [-0.15, -0.1) is 13.2 Å². The molecule has 0 bridgehead atoms. The van der Waals surface area contributed by atoms with Crippen LogP contribution in [0.3, 0.4) is 0 Å². The lowest BCUT2D eigenvalue weighted by atomic mass is 9.73. The molecule has 0 aliphatic carbocycles. The maximum Gasteiger partial charge on any atom is 0.0677 e. The van der Waals surface area contributed by atoms with Crippen LogP contribution >= 0.6 is 0 Å². The highest BCUT2D eigenvalue weighted by Crippen LogP contribution is 2.40. The first-order valence-electron chi connectivity index (χ1n) is 6.94. The van der Waals surface area contributed by atoms with Gasteiger partial charge in [0.25, 0.3) is 0 Å². The average molecular weight is 251 g/mol. The zero-order valence-electron chi connectivity index (χ0n) is 11.3. The SMILES string of the molecule is C=CCOC[C@]12CCCO[C@H]1CCN(CC=C)C2. The van der Waals surface area contributed by atoms with Crippen LogP contribution in [0.1, 0.15) is 19.3 Å². The fourth-order valence-corrected chi connectivity index (χ4v) is 3.28. The molecule has 102 valence electrons. The number of rotatable bonds is 6. The molecule has 2 aliphatic heterocycles. The van der Waals surface area contributed by atoms with E-state index in [0.29, 0.717) is 12.7 Å². The number of likely N-dealkylation sites (tertiary alicyclic amines) is 1. The molecule has 0 aromatic carbocycles. The Bertz CT molecular complexity index is 292. The Morgan fingerprint density at radius 1 is 1.39 bits per heavy atom.